The first-order chi connectivity index (χ1) is 7.99. The first-order valence-corrected chi connectivity index (χ1v) is 5.25. The van der Waals surface area contributed by atoms with Gasteiger partial charge in [0.2, 0.25) is 0 Å². The number of hydrogen-bond donors (Lipinski definition) is 0. The Morgan fingerprint density at radius 3 is 2.59 bits per heavy atom. The van der Waals surface area contributed by atoms with Gasteiger partial charge in [-0.25, -0.2) is 4.79 Å². The van der Waals surface area contributed by atoms with Crippen molar-refractivity contribution in [3.63, 3.8) is 0 Å². The Balaban J connectivity index is 3.19. The number of methoxy groups -OCH3 is 1. The average molecular weight is 265 g/mol. The lowest BCUT2D eigenvalue weighted by Gasteiger charge is -2.12. The predicted molar refractivity (Wildman–Crippen MR) is 58.7 cm³/mol. The molecule has 0 aliphatic rings. The number of halogens is 3. The molecule has 0 aromatic heterocycles. The van der Waals surface area contributed by atoms with Gasteiger partial charge in [0, 0.05) is 5.56 Å². The fourth-order valence-corrected chi connectivity index (χ4v) is 1.58. The monoisotopic (exact) mass is 264 g/mol. The first-order valence-electron chi connectivity index (χ1n) is 4.72. The van der Waals surface area contributed by atoms with Crippen LogP contribution in [0.2, 0.25) is 0 Å². The van der Waals surface area contributed by atoms with Gasteiger partial charge in [0.05, 0.1) is 18.6 Å². The second kappa shape index (κ2) is 5.82. The molecule has 0 unspecified atom stereocenters. The Hall–Kier alpha value is -1.36. The van der Waals surface area contributed by atoms with Crippen molar-refractivity contribution in [2.24, 2.45) is 0 Å². The van der Waals surface area contributed by atoms with E-state index >= 15 is 0 Å². The van der Waals surface area contributed by atoms with E-state index in [9.17, 15) is 13.6 Å². The quantitative estimate of drug-likeness (QED) is 0.619. The number of rotatable bonds is 4. The summed E-state index contributed by atoms with van der Waals surface area (Å²) in [7, 11) is 1.24. The largest absolute Gasteiger partial charge is 0.465 e. The van der Waals surface area contributed by atoms with Crippen LogP contribution < -0.4 is 4.74 Å². The fourth-order valence-electron chi connectivity index (χ4n) is 1.37. The number of benzene rings is 1. The van der Waals surface area contributed by atoms with E-state index < -0.39 is 12.6 Å². The number of ether oxygens (including phenoxy) is 2. The van der Waals surface area contributed by atoms with Crippen LogP contribution in [0, 0.1) is 6.92 Å². The van der Waals surface area contributed by atoms with Crippen LogP contribution in [-0.2, 0) is 10.6 Å². The van der Waals surface area contributed by atoms with E-state index in [1.54, 1.807) is 6.92 Å². The molecule has 0 saturated carbocycles. The van der Waals surface area contributed by atoms with Crippen LogP contribution in [-0.4, -0.2) is 19.7 Å². The van der Waals surface area contributed by atoms with Gasteiger partial charge in [-0.15, -0.1) is 11.6 Å². The minimum Gasteiger partial charge on any atom is -0.465 e. The third-order valence-electron chi connectivity index (χ3n) is 2.17. The molecule has 17 heavy (non-hydrogen) atoms. The third-order valence-corrected chi connectivity index (χ3v) is 2.46. The van der Waals surface area contributed by atoms with E-state index in [0.717, 1.165) is 0 Å². The van der Waals surface area contributed by atoms with Crippen molar-refractivity contribution in [2.75, 3.05) is 7.11 Å². The minimum atomic E-state index is -2.93. The van der Waals surface area contributed by atoms with Crippen molar-refractivity contribution < 1.29 is 23.0 Å². The smallest absolute Gasteiger partial charge is 0.387 e. The van der Waals surface area contributed by atoms with Gasteiger partial charge in [0.25, 0.3) is 0 Å². The zero-order valence-corrected chi connectivity index (χ0v) is 10.1. The number of hydrogen-bond acceptors (Lipinski definition) is 3. The molecule has 1 rings (SSSR count). The summed E-state index contributed by atoms with van der Waals surface area (Å²) in [6.45, 7) is -1.33. The summed E-state index contributed by atoms with van der Waals surface area (Å²) in [6.07, 6.45) is 0. The molecule has 0 fully saturated rings. The van der Waals surface area contributed by atoms with Crippen molar-refractivity contribution in [1.82, 2.24) is 0 Å². The van der Waals surface area contributed by atoms with E-state index in [-0.39, 0.29) is 17.2 Å². The van der Waals surface area contributed by atoms with Gasteiger partial charge in [-0.3, -0.25) is 0 Å². The maximum absolute atomic E-state index is 12.1. The molecule has 0 bridgehead atoms. The fraction of sp³-hybridized carbons (Fsp3) is 0.364. The summed E-state index contributed by atoms with van der Waals surface area (Å²) in [5.74, 6) is -0.607. The van der Waals surface area contributed by atoms with Gasteiger partial charge < -0.3 is 9.47 Å². The van der Waals surface area contributed by atoms with Gasteiger partial charge >= 0.3 is 12.6 Å². The molecule has 1 aromatic carbocycles. The van der Waals surface area contributed by atoms with Gasteiger partial charge in [0.1, 0.15) is 5.75 Å². The van der Waals surface area contributed by atoms with E-state index in [2.05, 4.69) is 9.47 Å². The SMILES string of the molecule is COC(=O)c1cc(CCl)c(OC(F)F)cc1C. The highest BCUT2D eigenvalue weighted by atomic mass is 35.5. The molecule has 0 heterocycles. The molecule has 3 nitrogen and oxygen atoms in total. The van der Waals surface area contributed by atoms with Crippen LogP contribution in [0.1, 0.15) is 21.5 Å². The number of esters is 1. The van der Waals surface area contributed by atoms with Crippen LogP contribution in [0.4, 0.5) is 8.78 Å². The van der Waals surface area contributed by atoms with Crippen LogP contribution in [0.3, 0.4) is 0 Å². The number of aryl methyl sites for hydroxylation is 1. The Bertz CT molecular complexity index is 421. The molecule has 0 atom stereocenters. The average Bonchev–Trinajstić information content (AvgIpc) is 2.27. The summed E-state index contributed by atoms with van der Waals surface area (Å²) in [5, 5.41) is 0. The van der Waals surface area contributed by atoms with E-state index in [4.69, 9.17) is 11.6 Å². The summed E-state index contributed by atoms with van der Waals surface area (Å²) < 4.78 is 33.2. The molecular weight excluding hydrogens is 254 g/mol. The van der Waals surface area contributed by atoms with Crippen molar-refractivity contribution in [1.29, 1.82) is 0 Å². The second-order valence-electron chi connectivity index (χ2n) is 3.28. The zero-order chi connectivity index (χ0) is 13.0. The normalized spacial score (nSPS) is 10.5. The maximum atomic E-state index is 12.1. The predicted octanol–water partition coefficient (Wildman–Crippen LogP) is 3.12. The van der Waals surface area contributed by atoms with E-state index in [1.807, 2.05) is 0 Å². The highest BCUT2D eigenvalue weighted by Gasteiger charge is 2.16. The van der Waals surface area contributed by atoms with Crippen LogP contribution in [0.5, 0.6) is 5.75 Å². The molecule has 6 heteroatoms. The van der Waals surface area contributed by atoms with Crippen LogP contribution >= 0.6 is 11.6 Å². The third kappa shape index (κ3) is 3.30. The van der Waals surface area contributed by atoms with Gasteiger partial charge in [-0.2, -0.15) is 8.78 Å². The summed E-state index contributed by atoms with van der Waals surface area (Å²) in [4.78, 5) is 11.4. The van der Waals surface area contributed by atoms with Crippen molar-refractivity contribution in [2.45, 2.75) is 19.4 Å². The van der Waals surface area contributed by atoms with Gasteiger partial charge in [0.15, 0.2) is 0 Å². The summed E-state index contributed by atoms with van der Waals surface area (Å²) >= 11 is 5.61. The van der Waals surface area contributed by atoms with Crippen LogP contribution in [0.15, 0.2) is 12.1 Å². The molecule has 0 saturated heterocycles. The van der Waals surface area contributed by atoms with E-state index in [1.165, 1.54) is 19.2 Å². The Morgan fingerprint density at radius 1 is 1.47 bits per heavy atom. The summed E-state index contributed by atoms with van der Waals surface area (Å²) in [5.41, 5.74) is 1.09. The summed E-state index contributed by atoms with van der Waals surface area (Å²) in [6, 6.07) is 2.74. The number of carbonyl (C=O) groups is 1. The lowest BCUT2D eigenvalue weighted by Crippen LogP contribution is -2.08. The molecule has 0 aliphatic heterocycles. The molecular formula is C11H11ClF2O3. The lowest BCUT2D eigenvalue weighted by atomic mass is 10.0. The molecule has 0 amide bonds. The van der Waals surface area contributed by atoms with Gasteiger partial charge in [-0.05, 0) is 24.6 Å². The zero-order valence-electron chi connectivity index (χ0n) is 9.30. The minimum absolute atomic E-state index is 0.0276. The number of alkyl halides is 3. The van der Waals surface area contributed by atoms with Crippen molar-refractivity contribution in [3.8, 4) is 5.75 Å². The topological polar surface area (TPSA) is 35.5 Å². The standard InChI is InChI=1S/C11H11ClF2O3/c1-6-3-9(17-11(13)14)7(5-12)4-8(6)10(15)16-2/h3-4,11H,5H2,1-2H3. The van der Waals surface area contributed by atoms with E-state index in [0.29, 0.717) is 11.1 Å². The molecule has 0 radical (unpaired) electrons. The van der Waals surface area contributed by atoms with Crippen LogP contribution in [0.25, 0.3) is 0 Å². The molecule has 0 spiro atoms. The molecule has 0 aliphatic carbocycles. The molecule has 1 aromatic rings. The number of carbonyl (C=O) groups excluding carboxylic acids is 1. The van der Waals surface area contributed by atoms with Crippen molar-refractivity contribution in [3.05, 3.63) is 28.8 Å². The highest BCUT2D eigenvalue weighted by molar-refractivity contribution is 6.17. The second-order valence-corrected chi connectivity index (χ2v) is 3.55. The molecule has 94 valence electrons. The highest BCUT2D eigenvalue weighted by Crippen LogP contribution is 2.27. The van der Waals surface area contributed by atoms with Crippen molar-refractivity contribution >= 4 is 17.6 Å². The molecule has 0 N–H and O–H groups in total. The Labute approximate surface area is 102 Å². The Kier molecular flexibility index (Phi) is 4.69. The maximum Gasteiger partial charge on any atom is 0.387 e. The Morgan fingerprint density at radius 2 is 2.12 bits per heavy atom. The first kappa shape index (κ1) is 13.7. The van der Waals surface area contributed by atoms with Gasteiger partial charge in [-0.1, -0.05) is 0 Å². The lowest BCUT2D eigenvalue weighted by molar-refractivity contribution is -0.0503.